The number of aryl methyl sites for hydroxylation is 1. The Kier molecular flexibility index (Phi) is 6.66. The maximum absolute atomic E-state index is 12.7. The van der Waals surface area contributed by atoms with Gasteiger partial charge in [0.25, 0.3) is 0 Å². The average molecular weight is 487 g/mol. The van der Waals surface area contributed by atoms with Crippen LogP contribution in [0.3, 0.4) is 0 Å². The molecule has 0 saturated carbocycles. The van der Waals surface area contributed by atoms with E-state index in [9.17, 15) is 27.5 Å². The Balaban J connectivity index is 3.14. The van der Waals surface area contributed by atoms with Crippen molar-refractivity contribution >= 4 is 53.2 Å². The summed E-state index contributed by atoms with van der Waals surface area (Å²) < 4.78 is 26.3. The molecule has 29 heavy (non-hydrogen) atoms. The Morgan fingerprint density at radius 3 is 2.38 bits per heavy atom. The van der Waals surface area contributed by atoms with Gasteiger partial charge in [0, 0.05) is 0 Å². The summed E-state index contributed by atoms with van der Waals surface area (Å²) in [6, 6.07) is 4.61. The SMILES string of the molecule is CC(=O)Nc1cc(C)c(C(C)=O)c(-c2cc([N+](=O)[O-])ccc2Cl)c1[As](=O)(O)OO. The molecule has 3 N–H and O–H groups in total. The second kappa shape index (κ2) is 8.48. The van der Waals surface area contributed by atoms with Crippen molar-refractivity contribution in [3.8, 4) is 11.1 Å². The minimum absolute atomic E-state index is 0.0628. The molecule has 2 aromatic carbocycles. The number of carbonyl (C=O) groups excluding carboxylic acids is 2. The fourth-order valence-corrected chi connectivity index (χ4v) is 5.32. The Bertz CT molecular complexity index is 1090. The zero-order valence-electron chi connectivity index (χ0n) is 15.4. The number of hydrogen-bond acceptors (Lipinski definition) is 7. The van der Waals surface area contributed by atoms with Crippen LogP contribution in [0.15, 0.2) is 24.3 Å². The van der Waals surface area contributed by atoms with E-state index in [0.717, 1.165) is 19.1 Å². The van der Waals surface area contributed by atoms with E-state index in [2.05, 4.69) is 9.19 Å². The Hall–Kier alpha value is -2.49. The first-order chi connectivity index (χ1) is 13.4. The van der Waals surface area contributed by atoms with Gasteiger partial charge in [-0.15, -0.1) is 0 Å². The second-order valence-corrected chi connectivity index (χ2v) is 9.97. The van der Waals surface area contributed by atoms with E-state index in [0.29, 0.717) is 5.56 Å². The van der Waals surface area contributed by atoms with Crippen LogP contribution in [-0.4, -0.2) is 40.1 Å². The van der Waals surface area contributed by atoms with Gasteiger partial charge in [0.15, 0.2) is 0 Å². The predicted octanol–water partition coefficient (Wildman–Crippen LogP) is 2.44. The molecule has 0 bridgehead atoms. The molecule has 0 radical (unpaired) electrons. The Labute approximate surface area is 172 Å². The van der Waals surface area contributed by atoms with Gasteiger partial charge in [-0.1, -0.05) is 0 Å². The fourth-order valence-electron chi connectivity index (χ4n) is 2.96. The van der Waals surface area contributed by atoms with Crippen molar-refractivity contribution in [3.05, 3.63) is 50.5 Å². The van der Waals surface area contributed by atoms with Crippen molar-refractivity contribution in [2.45, 2.75) is 20.8 Å². The van der Waals surface area contributed by atoms with Gasteiger partial charge in [-0.3, -0.25) is 0 Å². The number of benzene rings is 2. The summed E-state index contributed by atoms with van der Waals surface area (Å²) >= 11 is 0.443. The quantitative estimate of drug-likeness (QED) is 0.185. The van der Waals surface area contributed by atoms with Gasteiger partial charge in [0.2, 0.25) is 0 Å². The Morgan fingerprint density at radius 1 is 1.28 bits per heavy atom. The van der Waals surface area contributed by atoms with Crippen LogP contribution >= 0.6 is 11.6 Å². The van der Waals surface area contributed by atoms with E-state index >= 15 is 0 Å². The number of halogens is 1. The normalized spacial score (nSPS) is 12.9. The van der Waals surface area contributed by atoms with Gasteiger partial charge >= 0.3 is 172 Å². The number of rotatable bonds is 6. The molecule has 0 aromatic heterocycles. The van der Waals surface area contributed by atoms with Crippen molar-refractivity contribution in [1.29, 1.82) is 0 Å². The number of nitro groups is 1. The number of non-ortho nitro benzene ring substituents is 1. The number of carbonyl (C=O) groups is 2. The van der Waals surface area contributed by atoms with Gasteiger partial charge < -0.3 is 0 Å². The molecule has 10 nitrogen and oxygen atoms in total. The number of ketones is 1. The standard InChI is InChI=1S/C17H16AsClN2O8/c1-8-6-14(20-10(3)23)17(18(24,25)29-28)16(15(8)9(2)22)12-7-11(21(26)27)4-5-13(12)19/h4-7,28H,1-3H3,(H,20,23)(H,24,25). The number of hydrogen-bond donors (Lipinski definition) is 3. The molecule has 0 aliphatic rings. The van der Waals surface area contributed by atoms with Gasteiger partial charge in [-0.2, -0.15) is 0 Å². The third kappa shape index (κ3) is 4.58. The first-order valence-electron chi connectivity index (χ1n) is 7.97. The number of nitro benzene ring substituents is 1. The van der Waals surface area contributed by atoms with E-state index in [1.54, 1.807) is 0 Å². The predicted molar refractivity (Wildman–Crippen MR) is 105 cm³/mol. The van der Waals surface area contributed by atoms with E-state index in [1.165, 1.54) is 26.0 Å². The summed E-state index contributed by atoms with van der Waals surface area (Å²) in [6.07, 6.45) is 0. The fraction of sp³-hybridized carbons (Fsp3) is 0.176. The zero-order valence-corrected chi connectivity index (χ0v) is 18.1. The summed E-state index contributed by atoms with van der Waals surface area (Å²) in [6.45, 7) is 3.84. The molecule has 1 amide bonds. The number of anilines is 1. The average Bonchev–Trinajstić information content (AvgIpc) is 2.60. The van der Waals surface area contributed by atoms with Crippen LogP contribution < -0.4 is 9.67 Å². The maximum atomic E-state index is 12.7. The van der Waals surface area contributed by atoms with Gasteiger partial charge in [0.05, 0.1) is 0 Å². The van der Waals surface area contributed by atoms with E-state index in [1.807, 2.05) is 0 Å². The van der Waals surface area contributed by atoms with Crippen molar-refractivity contribution in [3.63, 3.8) is 0 Å². The van der Waals surface area contributed by atoms with Crippen LogP contribution in [0.2, 0.25) is 5.02 Å². The minimum atomic E-state index is -5.76. The Morgan fingerprint density at radius 2 is 1.90 bits per heavy atom. The van der Waals surface area contributed by atoms with E-state index in [-0.39, 0.29) is 27.4 Å². The van der Waals surface area contributed by atoms with Crippen LogP contribution in [0.1, 0.15) is 29.8 Å². The first-order valence-corrected chi connectivity index (χ1v) is 11.7. The second-order valence-electron chi connectivity index (χ2n) is 6.10. The first kappa shape index (κ1) is 22.8. The molecule has 0 aliphatic heterocycles. The van der Waals surface area contributed by atoms with Crippen molar-refractivity contribution < 1.29 is 31.5 Å². The third-order valence-electron chi connectivity index (χ3n) is 3.98. The molecule has 0 spiro atoms. The number of nitrogens with zero attached hydrogens (tertiary/aromatic N) is 1. The molecular weight excluding hydrogens is 471 g/mol. The van der Waals surface area contributed by atoms with Gasteiger partial charge in [0.1, 0.15) is 0 Å². The third-order valence-corrected chi connectivity index (χ3v) is 6.94. The van der Waals surface area contributed by atoms with Gasteiger partial charge in [-0.05, 0) is 0 Å². The number of Topliss-reactive ketones (excluding diaryl/α,β-unsaturated/α-hetero) is 1. The molecule has 0 aliphatic carbocycles. The molecule has 0 saturated heterocycles. The zero-order chi connectivity index (χ0) is 22.1. The number of amides is 1. The molecular formula is C17H16AsClN2O8. The van der Waals surface area contributed by atoms with Crippen molar-refractivity contribution in [2.75, 3.05) is 5.32 Å². The van der Waals surface area contributed by atoms with E-state index in [4.69, 9.17) is 16.9 Å². The number of nitrogens with one attached hydrogen (secondary N) is 1. The van der Waals surface area contributed by atoms with Crippen molar-refractivity contribution in [2.24, 2.45) is 0 Å². The summed E-state index contributed by atoms with van der Waals surface area (Å²) in [5, 5.41) is 22.6. The molecule has 1 unspecified atom stereocenters. The molecule has 2 aromatic rings. The van der Waals surface area contributed by atoms with E-state index < -0.39 is 40.8 Å². The van der Waals surface area contributed by atoms with Crippen LogP contribution in [0, 0.1) is 17.0 Å². The summed E-state index contributed by atoms with van der Waals surface area (Å²) in [5.41, 5.74) is -0.701. The summed E-state index contributed by atoms with van der Waals surface area (Å²) in [4.78, 5) is 34.5. The molecule has 0 fully saturated rings. The summed E-state index contributed by atoms with van der Waals surface area (Å²) in [7, 11) is 0. The topological polar surface area (TPSA) is 156 Å². The van der Waals surface area contributed by atoms with Gasteiger partial charge in [-0.25, -0.2) is 0 Å². The molecule has 154 valence electrons. The molecule has 1 atom stereocenters. The molecule has 2 rings (SSSR count). The van der Waals surface area contributed by atoms with Crippen LogP contribution in [0.5, 0.6) is 0 Å². The summed E-state index contributed by atoms with van der Waals surface area (Å²) in [5.74, 6) is -1.14. The molecule has 12 heteroatoms. The van der Waals surface area contributed by atoms with Crippen LogP contribution in [-0.2, 0) is 12.4 Å². The molecule has 0 heterocycles. The van der Waals surface area contributed by atoms with Crippen LogP contribution in [0.25, 0.3) is 11.1 Å². The van der Waals surface area contributed by atoms with Crippen molar-refractivity contribution in [1.82, 2.24) is 0 Å². The van der Waals surface area contributed by atoms with Crippen LogP contribution in [0.4, 0.5) is 11.4 Å². The monoisotopic (exact) mass is 486 g/mol.